The van der Waals surface area contributed by atoms with E-state index >= 15 is 0 Å². The largest absolute Gasteiger partial charge is 0.496 e. The van der Waals surface area contributed by atoms with Gasteiger partial charge in [-0.2, -0.15) is 0 Å². The van der Waals surface area contributed by atoms with Gasteiger partial charge in [0, 0.05) is 6.04 Å². The standard InChI is InChI=1S/C16H25NO2/c1-16(10-5-6-11-16)15(17-2)14-12(18-3)8-7-9-13(14)19-4/h7-9,15,17H,5-6,10-11H2,1-4H3. The molecule has 0 radical (unpaired) electrons. The monoisotopic (exact) mass is 263 g/mol. The summed E-state index contributed by atoms with van der Waals surface area (Å²) in [5.41, 5.74) is 1.43. The number of methoxy groups -OCH3 is 2. The number of rotatable bonds is 5. The molecule has 1 aliphatic rings. The lowest BCUT2D eigenvalue weighted by atomic mass is 9.76. The number of hydrogen-bond acceptors (Lipinski definition) is 3. The lowest BCUT2D eigenvalue weighted by Crippen LogP contribution is -2.32. The van der Waals surface area contributed by atoms with Crippen molar-refractivity contribution in [3.05, 3.63) is 23.8 Å². The van der Waals surface area contributed by atoms with E-state index < -0.39 is 0 Å². The molecule has 3 nitrogen and oxygen atoms in total. The molecule has 1 atom stereocenters. The van der Waals surface area contributed by atoms with Crippen molar-refractivity contribution in [1.29, 1.82) is 0 Å². The minimum atomic E-state index is 0.265. The van der Waals surface area contributed by atoms with Gasteiger partial charge < -0.3 is 14.8 Å². The van der Waals surface area contributed by atoms with E-state index in [0.29, 0.717) is 0 Å². The maximum Gasteiger partial charge on any atom is 0.127 e. The first-order chi connectivity index (χ1) is 9.16. The van der Waals surface area contributed by atoms with Crippen LogP contribution in [-0.2, 0) is 0 Å². The molecule has 1 N–H and O–H groups in total. The van der Waals surface area contributed by atoms with Gasteiger partial charge in [-0.05, 0) is 37.4 Å². The summed E-state index contributed by atoms with van der Waals surface area (Å²) in [5, 5.41) is 3.49. The van der Waals surface area contributed by atoms with Gasteiger partial charge in [-0.3, -0.25) is 0 Å². The Balaban J connectivity index is 2.47. The maximum atomic E-state index is 5.56. The van der Waals surface area contributed by atoms with Crippen LogP contribution in [0.25, 0.3) is 0 Å². The summed E-state index contributed by atoms with van der Waals surface area (Å²) in [4.78, 5) is 0. The number of hydrogen-bond donors (Lipinski definition) is 1. The minimum absolute atomic E-state index is 0.265. The summed E-state index contributed by atoms with van der Waals surface area (Å²) < 4.78 is 11.1. The molecule has 0 aliphatic heterocycles. The highest BCUT2D eigenvalue weighted by Gasteiger charge is 2.39. The Morgan fingerprint density at radius 2 is 1.63 bits per heavy atom. The van der Waals surface area contributed by atoms with Crippen LogP contribution < -0.4 is 14.8 Å². The molecule has 1 aliphatic carbocycles. The van der Waals surface area contributed by atoms with Crippen LogP contribution in [0, 0.1) is 5.41 Å². The highest BCUT2D eigenvalue weighted by Crippen LogP contribution is 2.50. The highest BCUT2D eigenvalue weighted by atomic mass is 16.5. The summed E-state index contributed by atoms with van der Waals surface area (Å²) in [7, 11) is 5.48. The van der Waals surface area contributed by atoms with Crippen molar-refractivity contribution in [3.8, 4) is 11.5 Å². The maximum absolute atomic E-state index is 5.56. The number of ether oxygens (including phenoxy) is 2. The molecule has 106 valence electrons. The molecule has 0 aromatic heterocycles. The lowest BCUT2D eigenvalue weighted by molar-refractivity contribution is 0.222. The van der Waals surface area contributed by atoms with Gasteiger partial charge in [0.1, 0.15) is 11.5 Å². The topological polar surface area (TPSA) is 30.5 Å². The van der Waals surface area contributed by atoms with Crippen LogP contribution in [0.4, 0.5) is 0 Å². The van der Waals surface area contributed by atoms with E-state index in [1.165, 1.54) is 25.7 Å². The van der Waals surface area contributed by atoms with Crippen molar-refractivity contribution in [1.82, 2.24) is 5.32 Å². The predicted molar refractivity (Wildman–Crippen MR) is 77.9 cm³/mol. The zero-order chi connectivity index (χ0) is 13.9. The summed E-state index contributed by atoms with van der Waals surface area (Å²) in [6.07, 6.45) is 5.12. The van der Waals surface area contributed by atoms with Gasteiger partial charge in [0.2, 0.25) is 0 Å². The van der Waals surface area contributed by atoms with E-state index in [0.717, 1.165) is 17.1 Å². The van der Waals surface area contributed by atoms with Gasteiger partial charge in [-0.1, -0.05) is 25.8 Å². The van der Waals surface area contributed by atoms with Crippen molar-refractivity contribution in [3.63, 3.8) is 0 Å². The SMILES string of the molecule is CNC(c1c(OC)cccc1OC)C1(C)CCCC1. The second-order valence-corrected chi connectivity index (χ2v) is 5.66. The zero-order valence-corrected chi connectivity index (χ0v) is 12.5. The fourth-order valence-electron chi connectivity index (χ4n) is 3.48. The van der Waals surface area contributed by atoms with Gasteiger partial charge in [-0.25, -0.2) is 0 Å². The Bertz CT molecular complexity index is 403. The van der Waals surface area contributed by atoms with E-state index in [4.69, 9.17) is 9.47 Å². The molecule has 1 aromatic carbocycles. The van der Waals surface area contributed by atoms with E-state index in [-0.39, 0.29) is 11.5 Å². The van der Waals surface area contributed by atoms with Crippen LogP contribution in [-0.4, -0.2) is 21.3 Å². The van der Waals surface area contributed by atoms with E-state index in [9.17, 15) is 0 Å². The average Bonchev–Trinajstić information content (AvgIpc) is 2.87. The van der Waals surface area contributed by atoms with Crippen molar-refractivity contribution in [2.75, 3.05) is 21.3 Å². The fraction of sp³-hybridized carbons (Fsp3) is 0.625. The molecule has 1 saturated carbocycles. The van der Waals surface area contributed by atoms with Crippen LogP contribution in [0.2, 0.25) is 0 Å². The Hall–Kier alpha value is -1.22. The van der Waals surface area contributed by atoms with Crippen molar-refractivity contribution >= 4 is 0 Å². The lowest BCUT2D eigenvalue weighted by Gasteiger charge is -2.35. The summed E-state index contributed by atoms with van der Waals surface area (Å²) >= 11 is 0. The van der Waals surface area contributed by atoms with E-state index in [1.807, 2.05) is 25.2 Å². The molecule has 1 aromatic rings. The number of benzene rings is 1. The van der Waals surface area contributed by atoms with Crippen LogP contribution >= 0.6 is 0 Å². The van der Waals surface area contributed by atoms with Crippen LogP contribution in [0.15, 0.2) is 18.2 Å². The molecule has 1 fully saturated rings. The first-order valence-electron chi connectivity index (χ1n) is 7.04. The molecule has 0 amide bonds. The molecule has 0 heterocycles. The molecule has 2 rings (SSSR count). The molecular formula is C16H25NO2. The molecule has 0 bridgehead atoms. The fourth-order valence-corrected chi connectivity index (χ4v) is 3.48. The quantitative estimate of drug-likeness (QED) is 0.881. The smallest absolute Gasteiger partial charge is 0.127 e. The Kier molecular flexibility index (Phi) is 4.35. The van der Waals surface area contributed by atoms with Gasteiger partial charge in [0.15, 0.2) is 0 Å². The predicted octanol–water partition coefficient (Wildman–Crippen LogP) is 3.54. The molecule has 0 spiro atoms. The summed E-state index contributed by atoms with van der Waals surface area (Å²) in [6.45, 7) is 2.37. The number of nitrogens with one attached hydrogen (secondary N) is 1. The Morgan fingerprint density at radius 3 is 2.05 bits per heavy atom. The van der Waals surface area contributed by atoms with Gasteiger partial charge in [-0.15, -0.1) is 0 Å². The van der Waals surface area contributed by atoms with E-state index in [1.54, 1.807) is 14.2 Å². The molecule has 0 saturated heterocycles. The summed E-state index contributed by atoms with van der Waals surface area (Å²) in [6, 6.07) is 6.27. The van der Waals surface area contributed by atoms with Crippen molar-refractivity contribution in [2.24, 2.45) is 5.41 Å². The second kappa shape index (κ2) is 5.83. The Labute approximate surface area is 116 Å². The first kappa shape index (κ1) is 14.2. The average molecular weight is 263 g/mol. The second-order valence-electron chi connectivity index (χ2n) is 5.66. The third-order valence-corrected chi connectivity index (χ3v) is 4.49. The third kappa shape index (κ3) is 2.57. The van der Waals surface area contributed by atoms with Gasteiger partial charge in [0.05, 0.1) is 19.8 Å². The van der Waals surface area contributed by atoms with Crippen LogP contribution in [0.1, 0.15) is 44.2 Å². The highest BCUT2D eigenvalue weighted by molar-refractivity contribution is 5.47. The summed E-state index contributed by atoms with van der Waals surface area (Å²) in [5.74, 6) is 1.82. The van der Waals surface area contributed by atoms with Gasteiger partial charge in [0.25, 0.3) is 0 Å². The van der Waals surface area contributed by atoms with Gasteiger partial charge >= 0.3 is 0 Å². The molecular weight excluding hydrogens is 238 g/mol. The Morgan fingerprint density at radius 1 is 1.11 bits per heavy atom. The van der Waals surface area contributed by atoms with Crippen LogP contribution in [0.3, 0.4) is 0 Å². The molecule has 1 unspecified atom stereocenters. The first-order valence-corrected chi connectivity index (χ1v) is 7.04. The molecule has 19 heavy (non-hydrogen) atoms. The van der Waals surface area contributed by atoms with Crippen molar-refractivity contribution in [2.45, 2.75) is 38.6 Å². The normalized spacial score (nSPS) is 19.2. The minimum Gasteiger partial charge on any atom is -0.496 e. The van der Waals surface area contributed by atoms with E-state index in [2.05, 4.69) is 12.2 Å². The third-order valence-electron chi connectivity index (χ3n) is 4.49. The van der Waals surface area contributed by atoms with Crippen LogP contribution in [0.5, 0.6) is 11.5 Å². The van der Waals surface area contributed by atoms with Crippen molar-refractivity contribution < 1.29 is 9.47 Å². The molecule has 3 heteroatoms. The zero-order valence-electron chi connectivity index (χ0n) is 12.5.